The van der Waals surface area contributed by atoms with E-state index in [4.69, 9.17) is 5.11 Å². The van der Waals surface area contributed by atoms with E-state index in [2.05, 4.69) is 4.74 Å². The van der Waals surface area contributed by atoms with Crippen LogP contribution in [0.4, 0.5) is 0 Å². The van der Waals surface area contributed by atoms with Crippen molar-refractivity contribution in [3.8, 4) is 0 Å². The van der Waals surface area contributed by atoms with Crippen molar-refractivity contribution in [2.75, 3.05) is 26.8 Å². The van der Waals surface area contributed by atoms with Crippen LogP contribution in [-0.4, -0.2) is 48.8 Å². The Morgan fingerprint density at radius 2 is 2.33 bits per heavy atom. The first-order chi connectivity index (χ1) is 5.69. The zero-order valence-corrected chi connectivity index (χ0v) is 7.49. The summed E-state index contributed by atoms with van der Waals surface area (Å²) in [5.74, 6) is 0.142. The van der Waals surface area contributed by atoms with Crippen LogP contribution >= 0.6 is 0 Å². The van der Waals surface area contributed by atoms with Gasteiger partial charge in [-0.2, -0.15) is 0 Å². The number of carbonyl (C=O) groups excluding carboxylic acids is 1. The van der Waals surface area contributed by atoms with Crippen LogP contribution < -0.4 is 0 Å². The van der Waals surface area contributed by atoms with Crippen LogP contribution in [0.5, 0.6) is 0 Å². The van der Waals surface area contributed by atoms with Gasteiger partial charge in [0, 0.05) is 25.6 Å². The first-order valence-electron chi connectivity index (χ1n) is 4.11. The second kappa shape index (κ2) is 3.87. The minimum absolute atomic E-state index is 0.169. The quantitative estimate of drug-likeness (QED) is 0.583. The average molecular weight is 173 g/mol. The molecule has 0 bridgehead atoms. The zero-order chi connectivity index (χ0) is 9.14. The van der Waals surface area contributed by atoms with Crippen molar-refractivity contribution in [3.05, 3.63) is 0 Å². The molecule has 0 aromatic rings. The van der Waals surface area contributed by atoms with Gasteiger partial charge in [-0.3, -0.25) is 9.69 Å². The molecule has 1 unspecified atom stereocenters. The summed E-state index contributed by atoms with van der Waals surface area (Å²) in [4.78, 5) is 13.0. The Kier molecular flexibility index (Phi) is 3.05. The van der Waals surface area contributed by atoms with Gasteiger partial charge in [0.25, 0.3) is 0 Å². The zero-order valence-electron chi connectivity index (χ0n) is 7.49. The second-order valence-electron chi connectivity index (χ2n) is 3.20. The third-order valence-corrected chi connectivity index (χ3v) is 2.33. The predicted octanol–water partition coefficient (Wildman–Crippen LogP) is -0.528. The van der Waals surface area contributed by atoms with Crippen LogP contribution in [0.2, 0.25) is 0 Å². The van der Waals surface area contributed by atoms with Crippen molar-refractivity contribution >= 4 is 5.97 Å². The number of aliphatic hydroxyl groups excluding tert-OH is 1. The van der Waals surface area contributed by atoms with Crippen molar-refractivity contribution in [1.29, 1.82) is 0 Å². The second-order valence-corrected chi connectivity index (χ2v) is 3.20. The highest BCUT2D eigenvalue weighted by Gasteiger charge is 2.33. The predicted molar refractivity (Wildman–Crippen MR) is 43.6 cm³/mol. The summed E-state index contributed by atoms with van der Waals surface area (Å²) in [6, 6.07) is -0.169. The lowest BCUT2D eigenvalue weighted by Gasteiger charge is -2.40. The molecule has 1 rings (SSSR count). The van der Waals surface area contributed by atoms with Crippen LogP contribution in [0.25, 0.3) is 0 Å². The summed E-state index contributed by atoms with van der Waals surface area (Å²) in [6.45, 7) is 3.63. The molecule has 1 heterocycles. The Balaban J connectivity index is 2.27. The van der Waals surface area contributed by atoms with E-state index in [1.165, 1.54) is 7.11 Å². The number of carbonyl (C=O) groups is 1. The molecule has 0 aromatic carbocycles. The highest BCUT2D eigenvalue weighted by molar-refractivity contribution is 5.75. The van der Waals surface area contributed by atoms with Crippen LogP contribution in [-0.2, 0) is 9.53 Å². The molecular formula is C8H15NO3. The number of aliphatic hydroxyl groups is 1. The smallest absolute Gasteiger partial charge is 0.322 e. The monoisotopic (exact) mass is 173 g/mol. The van der Waals surface area contributed by atoms with Gasteiger partial charge in [-0.15, -0.1) is 0 Å². The van der Waals surface area contributed by atoms with Gasteiger partial charge < -0.3 is 9.84 Å². The molecule has 0 aromatic heterocycles. The molecule has 4 heteroatoms. The topological polar surface area (TPSA) is 49.8 Å². The Morgan fingerprint density at radius 1 is 1.75 bits per heavy atom. The molecule has 1 fully saturated rings. The van der Waals surface area contributed by atoms with E-state index in [-0.39, 0.29) is 18.6 Å². The standard InChI is InChI=1S/C8H15NO3/c1-6(8(11)12-2)9-3-7(4-9)5-10/h6-7,10H,3-5H2,1-2H3. The molecule has 12 heavy (non-hydrogen) atoms. The van der Waals surface area contributed by atoms with Crippen LogP contribution in [0.3, 0.4) is 0 Å². The Morgan fingerprint density at radius 3 is 2.75 bits per heavy atom. The Hall–Kier alpha value is -0.610. The summed E-state index contributed by atoms with van der Waals surface area (Å²) in [7, 11) is 1.39. The molecular weight excluding hydrogens is 158 g/mol. The van der Waals surface area contributed by atoms with Crippen LogP contribution in [0.1, 0.15) is 6.92 Å². The van der Waals surface area contributed by atoms with Crippen molar-refractivity contribution < 1.29 is 14.6 Å². The van der Waals surface area contributed by atoms with Gasteiger partial charge in [-0.05, 0) is 6.92 Å². The maximum atomic E-state index is 11.0. The minimum atomic E-state index is -0.202. The van der Waals surface area contributed by atoms with E-state index in [1.807, 2.05) is 11.8 Å². The van der Waals surface area contributed by atoms with Crippen LogP contribution in [0.15, 0.2) is 0 Å². The summed E-state index contributed by atoms with van der Waals surface area (Å²) >= 11 is 0. The molecule has 0 spiro atoms. The lowest BCUT2D eigenvalue weighted by molar-refractivity contribution is -0.149. The fraction of sp³-hybridized carbons (Fsp3) is 0.875. The summed E-state index contributed by atoms with van der Waals surface area (Å²) in [5, 5.41) is 8.74. The van der Waals surface area contributed by atoms with Crippen molar-refractivity contribution in [2.24, 2.45) is 5.92 Å². The maximum Gasteiger partial charge on any atom is 0.322 e. The minimum Gasteiger partial charge on any atom is -0.468 e. The molecule has 0 aliphatic carbocycles. The molecule has 0 saturated carbocycles. The summed E-state index contributed by atoms with van der Waals surface area (Å²) in [5.41, 5.74) is 0. The number of rotatable bonds is 3. The largest absolute Gasteiger partial charge is 0.468 e. The number of ether oxygens (including phenoxy) is 1. The van der Waals surface area contributed by atoms with E-state index in [1.54, 1.807) is 0 Å². The molecule has 4 nitrogen and oxygen atoms in total. The fourth-order valence-electron chi connectivity index (χ4n) is 1.36. The van der Waals surface area contributed by atoms with Gasteiger partial charge in [-0.25, -0.2) is 0 Å². The molecule has 0 amide bonds. The normalized spacial score (nSPS) is 21.6. The highest BCUT2D eigenvalue weighted by atomic mass is 16.5. The van der Waals surface area contributed by atoms with E-state index in [9.17, 15) is 4.79 Å². The number of likely N-dealkylation sites (tertiary alicyclic amines) is 1. The lowest BCUT2D eigenvalue weighted by atomic mass is 9.99. The molecule has 1 saturated heterocycles. The summed E-state index contributed by atoms with van der Waals surface area (Å²) < 4.78 is 4.59. The third-order valence-electron chi connectivity index (χ3n) is 2.33. The first-order valence-corrected chi connectivity index (χ1v) is 4.11. The lowest BCUT2D eigenvalue weighted by Crippen LogP contribution is -2.55. The molecule has 1 aliphatic heterocycles. The van der Waals surface area contributed by atoms with Crippen LogP contribution in [0, 0.1) is 5.92 Å². The van der Waals surface area contributed by atoms with E-state index in [0.29, 0.717) is 5.92 Å². The van der Waals surface area contributed by atoms with Gasteiger partial charge in [-0.1, -0.05) is 0 Å². The number of hydrogen-bond donors (Lipinski definition) is 1. The highest BCUT2D eigenvalue weighted by Crippen LogP contribution is 2.18. The summed E-state index contributed by atoms with van der Waals surface area (Å²) in [6.07, 6.45) is 0. The SMILES string of the molecule is COC(=O)C(C)N1CC(CO)C1. The van der Waals surface area contributed by atoms with Gasteiger partial charge in [0.05, 0.1) is 7.11 Å². The Labute approximate surface area is 72.1 Å². The first kappa shape index (κ1) is 9.48. The van der Waals surface area contributed by atoms with E-state index >= 15 is 0 Å². The molecule has 1 aliphatic rings. The number of methoxy groups -OCH3 is 1. The van der Waals surface area contributed by atoms with Gasteiger partial charge in [0.15, 0.2) is 0 Å². The van der Waals surface area contributed by atoms with Gasteiger partial charge in [0.2, 0.25) is 0 Å². The number of nitrogens with zero attached hydrogens (tertiary/aromatic N) is 1. The van der Waals surface area contributed by atoms with E-state index < -0.39 is 0 Å². The number of hydrogen-bond acceptors (Lipinski definition) is 4. The van der Waals surface area contributed by atoms with E-state index in [0.717, 1.165) is 13.1 Å². The third kappa shape index (κ3) is 1.76. The van der Waals surface area contributed by atoms with Gasteiger partial charge in [0.1, 0.15) is 6.04 Å². The molecule has 1 atom stereocenters. The average Bonchev–Trinajstić information content (AvgIpc) is 2.01. The Bertz CT molecular complexity index is 166. The van der Waals surface area contributed by atoms with Gasteiger partial charge >= 0.3 is 5.97 Å². The van der Waals surface area contributed by atoms with Crippen molar-refractivity contribution in [1.82, 2.24) is 4.90 Å². The maximum absolute atomic E-state index is 11.0. The van der Waals surface area contributed by atoms with Crippen molar-refractivity contribution in [2.45, 2.75) is 13.0 Å². The number of esters is 1. The molecule has 0 radical (unpaired) electrons. The van der Waals surface area contributed by atoms with Crippen molar-refractivity contribution in [3.63, 3.8) is 0 Å². The molecule has 1 N–H and O–H groups in total. The fourth-order valence-corrected chi connectivity index (χ4v) is 1.36. The molecule has 70 valence electrons.